The highest BCUT2D eigenvalue weighted by atomic mass is 32.2. The van der Waals surface area contributed by atoms with E-state index in [0.29, 0.717) is 0 Å². The Labute approximate surface area is 152 Å². The molecule has 0 amide bonds. The zero-order valence-electron chi connectivity index (χ0n) is 13.4. The SMILES string of the molecule is O=[N+]([O-])c1cccc(S(=O)(=O)Nc2cnc(Oc3ccccc3F)nc2)c1. The predicted octanol–water partition coefficient (Wildman–Crippen LogP) is 3.12. The van der Waals surface area contributed by atoms with Crippen molar-refractivity contribution >= 4 is 21.4 Å². The molecule has 0 spiro atoms. The lowest BCUT2D eigenvalue weighted by Crippen LogP contribution is -2.13. The Morgan fingerprint density at radius 1 is 1.07 bits per heavy atom. The van der Waals surface area contributed by atoms with Crippen molar-refractivity contribution in [2.45, 2.75) is 4.90 Å². The van der Waals surface area contributed by atoms with Gasteiger partial charge in [0, 0.05) is 12.1 Å². The average Bonchev–Trinajstić information content (AvgIpc) is 2.65. The molecule has 11 heteroatoms. The molecule has 138 valence electrons. The zero-order valence-corrected chi connectivity index (χ0v) is 14.3. The molecule has 0 atom stereocenters. The van der Waals surface area contributed by atoms with Gasteiger partial charge in [-0.15, -0.1) is 0 Å². The van der Waals surface area contributed by atoms with Gasteiger partial charge in [-0.1, -0.05) is 18.2 Å². The predicted molar refractivity (Wildman–Crippen MR) is 92.4 cm³/mol. The van der Waals surface area contributed by atoms with Gasteiger partial charge in [-0.25, -0.2) is 22.8 Å². The summed E-state index contributed by atoms with van der Waals surface area (Å²) in [5, 5.41) is 10.8. The van der Waals surface area contributed by atoms with Gasteiger partial charge < -0.3 is 4.74 Å². The molecule has 3 rings (SSSR count). The third kappa shape index (κ3) is 4.33. The smallest absolute Gasteiger partial charge is 0.322 e. The number of aromatic nitrogens is 2. The minimum atomic E-state index is -4.08. The maximum Gasteiger partial charge on any atom is 0.322 e. The highest BCUT2D eigenvalue weighted by Gasteiger charge is 2.18. The van der Waals surface area contributed by atoms with Crippen LogP contribution in [0.1, 0.15) is 0 Å². The molecular formula is C16H11FN4O5S. The van der Waals surface area contributed by atoms with Crippen LogP contribution in [-0.4, -0.2) is 23.3 Å². The number of hydrogen-bond donors (Lipinski definition) is 1. The summed E-state index contributed by atoms with van der Waals surface area (Å²) < 4.78 is 45.6. The second-order valence-electron chi connectivity index (χ2n) is 5.15. The van der Waals surface area contributed by atoms with E-state index in [4.69, 9.17) is 4.74 Å². The van der Waals surface area contributed by atoms with Gasteiger partial charge in [0.1, 0.15) is 0 Å². The number of benzene rings is 2. The quantitative estimate of drug-likeness (QED) is 0.506. The third-order valence-corrected chi connectivity index (χ3v) is 4.64. The van der Waals surface area contributed by atoms with Crippen molar-refractivity contribution in [3.05, 3.63) is 76.9 Å². The first-order chi connectivity index (χ1) is 12.8. The number of halogens is 1. The molecule has 0 unspecified atom stereocenters. The van der Waals surface area contributed by atoms with Crippen LogP contribution in [0.5, 0.6) is 11.8 Å². The zero-order chi connectivity index (χ0) is 19.4. The van der Waals surface area contributed by atoms with Crippen molar-refractivity contribution in [1.82, 2.24) is 9.97 Å². The van der Waals surface area contributed by atoms with Crippen molar-refractivity contribution in [3.63, 3.8) is 0 Å². The Morgan fingerprint density at radius 3 is 2.44 bits per heavy atom. The van der Waals surface area contributed by atoms with E-state index in [1.54, 1.807) is 6.07 Å². The molecule has 0 aliphatic rings. The van der Waals surface area contributed by atoms with E-state index in [-0.39, 0.29) is 28.0 Å². The molecule has 1 N–H and O–H groups in total. The van der Waals surface area contributed by atoms with Crippen LogP contribution < -0.4 is 9.46 Å². The van der Waals surface area contributed by atoms with Crippen molar-refractivity contribution in [1.29, 1.82) is 0 Å². The summed E-state index contributed by atoms with van der Waals surface area (Å²) in [4.78, 5) is 17.4. The molecule has 0 fully saturated rings. The van der Waals surface area contributed by atoms with Crippen LogP contribution in [-0.2, 0) is 10.0 Å². The van der Waals surface area contributed by atoms with E-state index in [1.807, 2.05) is 0 Å². The molecule has 27 heavy (non-hydrogen) atoms. The van der Waals surface area contributed by atoms with Gasteiger partial charge in [0.05, 0.1) is 27.9 Å². The standard InChI is InChI=1S/C16H11FN4O5S/c17-14-6-1-2-7-15(14)26-16-18-9-11(10-19-16)20-27(24,25)13-5-3-4-12(8-13)21(22)23/h1-10,20H. The monoisotopic (exact) mass is 390 g/mol. The minimum absolute atomic E-state index is 0.00221. The van der Waals surface area contributed by atoms with Gasteiger partial charge in [-0.05, 0) is 18.2 Å². The summed E-state index contributed by atoms with van der Waals surface area (Å²) >= 11 is 0. The second kappa shape index (κ2) is 7.33. The number of non-ortho nitro benzene ring substituents is 1. The first-order valence-electron chi connectivity index (χ1n) is 7.37. The van der Waals surface area contributed by atoms with Crippen molar-refractivity contribution in [2.24, 2.45) is 0 Å². The van der Waals surface area contributed by atoms with Gasteiger partial charge in [0.25, 0.3) is 15.7 Å². The summed E-state index contributed by atoms with van der Waals surface area (Å²) in [6, 6.07) is 10.1. The third-order valence-electron chi connectivity index (χ3n) is 3.26. The topological polar surface area (TPSA) is 124 Å². The van der Waals surface area contributed by atoms with Crippen molar-refractivity contribution in [2.75, 3.05) is 4.72 Å². The van der Waals surface area contributed by atoms with Crippen molar-refractivity contribution in [3.8, 4) is 11.8 Å². The summed E-state index contributed by atoms with van der Waals surface area (Å²) in [7, 11) is -4.08. The van der Waals surface area contributed by atoms with Gasteiger partial charge in [-0.2, -0.15) is 0 Å². The first kappa shape index (κ1) is 18.2. The molecule has 1 heterocycles. The number of anilines is 1. The molecule has 0 bridgehead atoms. The van der Waals surface area contributed by atoms with Gasteiger partial charge in [0.15, 0.2) is 11.6 Å². The summed E-state index contributed by atoms with van der Waals surface area (Å²) in [6.07, 6.45) is 2.25. The Morgan fingerprint density at radius 2 is 1.78 bits per heavy atom. The van der Waals surface area contributed by atoms with Crippen LogP contribution >= 0.6 is 0 Å². The lowest BCUT2D eigenvalue weighted by Gasteiger charge is -2.08. The molecule has 0 aliphatic carbocycles. The molecule has 0 saturated carbocycles. The average molecular weight is 390 g/mol. The number of para-hydroxylation sites is 1. The first-order valence-corrected chi connectivity index (χ1v) is 8.85. The Kier molecular flexibility index (Phi) is 4.94. The Balaban J connectivity index is 1.77. The fourth-order valence-corrected chi connectivity index (χ4v) is 3.09. The summed E-state index contributed by atoms with van der Waals surface area (Å²) in [5.74, 6) is -0.682. The lowest BCUT2D eigenvalue weighted by molar-refractivity contribution is -0.385. The fourth-order valence-electron chi connectivity index (χ4n) is 2.03. The van der Waals surface area contributed by atoms with Crippen LogP contribution in [0, 0.1) is 15.9 Å². The summed E-state index contributed by atoms with van der Waals surface area (Å²) in [6.45, 7) is 0. The van der Waals surface area contributed by atoms with E-state index < -0.39 is 20.8 Å². The molecule has 0 aliphatic heterocycles. The number of nitrogens with zero attached hydrogens (tertiary/aromatic N) is 3. The number of hydrogen-bond acceptors (Lipinski definition) is 7. The normalized spacial score (nSPS) is 11.0. The Hall–Kier alpha value is -3.60. The van der Waals surface area contributed by atoms with Crippen LogP contribution in [0.25, 0.3) is 0 Å². The number of nitro groups is 1. The van der Waals surface area contributed by atoms with Gasteiger partial charge in [0.2, 0.25) is 0 Å². The van der Waals surface area contributed by atoms with Crippen molar-refractivity contribution < 1.29 is 22.5 Å². The van der Waals surface area contributed by atoms with E-state index in [0.717, 1.165) is 18.5 Å². The van der Waals surface area contributed by atoms with E-state index in [1.165, 1.54) is 36.4 Å². The Bertz CT molecular complexity index is 1090. The molecule has 9 nitrogen and oxygen atoms in total. The van der Waals surface area contributed by atoms with E-state index in [9.17, 15) is 22.9 Å². The number of rotatable bonds is 6. The van der Waals surface area contributed by atoms with E-state index >= 15 is 0 Å². The molecule has 0 radical (unpaired) electrons. The number of nitrogens with one attached hydrogen (secondary N) is 1. The highest BCUT2D eigenvalue weighted by molar-refractivity contribution is 7.92. The highest BCUT2D eigenvalue weighted by Crippen LogP contribution is 2.23. The largest absolute Gasteiger partial charge is 0.421 e. The molecule has 3 aromatic rings. The molecule has 2 aromatic carbocycles. The van der Waals surface area contributed by atoms with Crippen LogP contribution in [0.4, 0.5) is 15.8 Å². The number of sulfonamides is 1. The summed E-state index contributed by atoms with van der Waals surface area (Å²) in [5.41, 5.74) is -0.356. The number of ether oxygens (including phenoxy) is 1. The maximum atomic E-state index is 13.5. The number of nitro benzene ring substituents is 1. The van der Waals surface area contributed by atoms with Crippen LogP contribution in [0.2, 0.25) is 0 Å². The fraction of sp³-hybridized carbons (Fsp3) is 0. The molecular weight excluding hydrogens is 379 g/mol. The molecule has 1 aromatic heterocycles. The minimum Gasteiger partial charge on any atom is -0.421 e. The van der Waals surface area contributed by atoms with Crippen LogP contribution in [0.3, 0.4) is 0 Å². The molecule has 0 saturated heterocycles. The van der Waals surface area contributed by atoms with E-state index in [2.05, 4.69) is 14.7 Å². The van der Waals surface area contributed by atoms with Gasteiger partial charge in [-0.3, -0.25) is 14.8 Å². The second-order valence-corrected chi connectivity index (χ2v) is 6.83. The lowest BCUT2D eigenvalue weighted by atomic mass is 10.3. The van der Waals surface area contributed by atoms with Gasteiger partial charge >= 0.3 is 6.01 Å². The maximum absolute atomic E-state index is 13.5. The van der Waals surface area contributed by atoms with Crippen LogP contribution in [0.15, 0.2) is 65.8 Å².